The van der Waals surface area contributed by atoms with Crippen LogP contribution in [0.15, 0.2) is 73.2 Å². The Balaban J connectivity index is 2.13. The summed E-state index contributed by atoms with van der Waals surface area (Å²) in [6, 6.07) is 18.1. The number of aromatic nitrogens is 3. The minimum atomic E-state index is -2.05. The predicted molar refractivity (Wildman–Crippen MR) is 103 cm³/mol. The third kappa shape index (κ3) is 3.91. The summed E-state index contributed by atoms with van der Waals surface area (Å²) < 4.78 is 12.6. The van der Waals surface area contributed by atoms with Gasteiger partial charge in [-0.05, 0) is 37.5 Å². The first-order valence-electron chi connectivity index (χ1n) is 8.57. The summed E-state index contributed by atoms with van der Waals surface area (Å²) in [5.41, 5.74) is 3.10. The van der Waals surface area contributed by atoms with Crippen LogP contribution in [0.1, 0.15) is 19.3 Å². The van der Waals surface area contributed by atoms with Crippen LogP contribution in [0.4, 0.5) is 4.39 Å². The molecule has 0 aliphatic rings. The van der Waals surface area contributed by atoms with E-state index in [0.717, 1.165) is 35.3 Å². The SMILES string of the molecule is FCCCCC[P+](c1ccccn1)(c1ccccn1)c1ccccn1. The highest BCUT2D eigenvalue weighted by Crippen LogP contribution is 2.54. The molecule has 0 spiro atoms. The number of pyridine rings is 3. The van der Waals surface area contributed by atoms with Gasteiger partial charge in [-0.3, -0.25) is 4.39 Å². The van der Waals surface area contributed by atoms with E-state index < -0.39 is 7.26 Å². The molecule has 0 bridgehead atoms. The second-order valence-corrected chi connectivity index (χ2v) is 9.29. The Morgan fingerprint density at radius 1 is 0.640 bits per heavy atom. The van der Waals surface area contributed by atoms with Crippen molar-refractivity contribution < 1.29 is 4.39 Å². The van der Waals surface area contributed by atoms with Gasteiger partial charge >= 0.3 is 0 Å². The maximum atomic E-state index is 12.6. The van der Waals surface area contributed by atoms with Crippen LogP contribution in [0.2, 0.25) is 0 Å². The van der Waals surface area contributed by atoms with Gasteiger partial charge in [-0.1, -0.05) is 18.2 Å². The van der Waals surface area contributed by atoms with Gasteiger partial charge in [0.2, 0.25) is 0 Å². The first-order chi connectivity index (χ1) is 12.4. The molecule has 0 saturated carbocycles. The fourth-order valence-corrected chi connectivity index (χ4v) is 6.96. The van der Waals surface area contributed by atoms with Crippen molar-refractivity contribution in [2.24, 2.45) is 0 Å². The van der Waals surface area contributed by atoms with Gasteiger partial charge in [0, 0.05) is 36.8 Å². The van der Waals surface area contributed by atoms with E-state index in [9.17, 15) is 4.39 Å². The van der Waals surface area contributed by atoms with Crippen LogP contribution in [-0.2, 0) is 0 Å². The Bertz CT molecular complexity index is 657. The van der Waals surface area contributed by atoms with Crippen LogP contribution in [0, 0.1) is 0 Å². The van der Waals surface area contributed by atoms with Crippen LogP contribution < -0.4 is 16.3 Å². The van der Waals surface area contributed by atoms with E-state index in [0.29, 0.717) is 6.42 Å². The predicted octanol–water partition coefficient (Wildman–Crippen LogP) is 3.31. The van der Waals surface area contributed by atoms with Crippen molar-refractivity contribution in [1.82, 2.24) is 15.0 Å². The van der Waals surface area contributed by atoms with Crippen molar-refractivity contribution in [3.8, 4) is 0 Å². The first kappa shape index (κ1) is 17.6. The van der Waals surface area contributed by atoms with Crippen molar-refractivity contribution >= 4 is 23.6 Å². The van der Waals surface area contributed by atoms with Crippen LogP contribution in [0.3, 0.4) is 0 Å². The van der Waals surface area contributed by atoms with Crippen LogP contribution in [0.5, 0.6) is 0 Å². The van der Waals surface area contributed by atoms with Crippen molar-refractivity contribution in [1.29, 1.82) is 0 Å². The molecular formula is C20H22FN3P+. The zero-order chi connectivity index (χ0) is 17.4. The molecular weight excluding hydrogens is 332 g/mol. The largest absolute Gasteiger partial charge is 0.251 e. The zero-order valence-electron chi connectivity index (χ0n) is 14.1. The summed E-state index contributed by atoms with van der Waals surface area (Å²) in [5.74, 6) is 0. The molecule has 3 heterocycles. The van der Waals surface area contributed by atoms with Crippen molar-refractivity contribution in [3.05, 3.63) is 73.2 Å². The summed E-state index contributed by atoms with van der Waals surface area (Å²) in [6.45, 7) is -0.262. The van der Waals surface area contributed by atoms with E-state index in [-0.39, 0.29) is 6.67 Å². The molecule has 25 heavy (non-hydrogen) atoms. The van der Waals surface area contributed by atoms with E-state index in [1.54, 1.807) is 0 Å². The summed E-state index contributed by atoms with van der Waals surface area (Å²) in [4.78, 5) is 14.1. The Labute approximate surface area is 148 Å². The molecule has 0 atom stereocenters. The quantitative estimate of drug-likeness (QED) is 0.460. The fourth-order valence-electron chi connectivity index (χ4n) is 3.05. The van der Waals surface area contributed by atoms with Crippen LogP contribution >= 0.6 is 7.26 Å². The Kier molecular flexibility index (Phi) is 6.19. The molecule has 0 aliphatic heterocycles. The number of nitrogens with zero attached hydrogens (tertiary/aromatic N) is 3. The Hall–Kier alpha value is -2.19. The van der Waals surface area contributed by atoms with E-state index in [4.69, 9.17) is 15.0 Å². The number of hydrogen-bond donors (Lipinski definition) is 0. The van der Waals surface area contributed by atoms with E-state index in [1.165, 1.54) is 0 Å². The fraction of sp³-hybridized carbons (Fsp3) is 0.250. The van der Waals surface area contributed by atoms with Gasteiger partial charge in [-0.2, -0.15) is 0 Å². The number of unbranched alkanes of at least 4 members (excludes halogenated alkanes) is 2. The summed E-state index contributed by atoms with van der Waals surface area (Å²) >= 11 is 0. The second kappa shape index (κ2) is 8.77. The lowest BCUT2D eigenvalue weighted by Crippen LogP contribution is -2.37. The molecule has 3 aromatic heterocycles. The Morgan fingerprint density at radius 3 is 1.48 bits per heavy atom. The van der Waals surface area contributed by atoms with Gasteiger partial charge in [0.25, 0.3) is 0 Å². The van der Waals surface area contributed by atoms with Crippen LogP contribution in [0.25, 0.3) is 0 Å². The summed E-state index contributed by atoms with van der Waals surface area (Å²) in [7, 11) is -2.05. The maximum absolute atomic E-state index is 12.6. The normalized spacial score (nSPS) is 11.4. The van der Waals surface area contributed by atoms with Crippen LogP contribution in [-0.4, -0.2) is 27.8 Å². The maximum Gasteiger partial charge on any atom is 0.196 e. The molecule has 0 radical (unpaired) electrons. The monoisotopic (exact) mass is 354 g/mol. The number of rotatable bonds is 8. The average molecular weight is 354 g/mol. The number of hydrogen-bond acceptors (Lipinski definition) is 3. The molecule has 0 N–H and O–H groups in total. The van der Waals surface area contributed by atoms with Gasteiger partial charge in [-0.25, -0.2) is 15.0 Å². The number of halogens is 1. The Morgan fingerprint density at radius 2 is 1.12 bits per heavy atom. The smallest absolute Gasteiger partial charge is 0.196 e. The zero-order valence-corrected chi connectivity index (χ0v) is 15.0. The van der Waals surface area contributed by atoms with E-state index in [2.05, 4.69) is 18.2 Å². The minimum Gasteiger partial charge on any atom is -0.251 e. The molecule has 0 fully saturated rings. The molecule has 3 rings (SSSR count). The lowest BCUT2D eigenvalue weighted by atomic mass is 10.3. The topological polar surface area (TPSA) is 38.7 Å². The summed E-state index contributed by atoms with van der Waals surface area (Å²) in [5, 5.41) is 0. The third-order valence-electron chi connectivity index (χ3n) is 4.25. The van der Waals surface area contributed by atoms with Gasteiger partial charge in [0.15, 0.2) is 23.6 Å². The first-order valence-corrected chi connectivity index (χ1v) is 10.5. The molecule has 0 saturated heterocycles. The number of alkyl halides is 1. The van der Waals surface area contributed by atoms with Gasteiger partial charge in [0.05, 0.1) is 12.8 Å². The van der Waals surface area contributed by atoms with Crippen molar-refractivity contribution in [2.45, 2.75) is 19.3 Å². The average Bonchev–Trinajstić information content (AvgIpc) is 2.70. The summed E-state index contributed by atoms with van der Waals surface area (Å²) in [6.07, 6.45) is 8.80. The van der Waals surface area contributed by atoms with E-state index >= 15 is 0 Å². The molecule has 3 nitrogen and oxygen atoms in total. The lowest BCUT2D eigenvalue weighted by molar-refractivity contribution is 0.460. The minimum absolute atomic E-state index is 0.262. The highest BCUT2D eigenvalue weighted by Gasteiger charge is 2.49. The van der Waals surface area contributed by atoms with Gasteiger partial charge in [-0.15, -0.1) is 0 Å². The highest BCUT2D eigenvalue weighted by atomic mass is 31.2. The molecule has 0 aromatic carbocycles. The molecule has 3 aromatic rings. The molecule has 0 amide bonds. The van der Waals surface area contributed by atoms with Crippen molar-refractivity contribution in [3.63, 3.8) is 0 Å². The van der Waals surface area contributed by atoms with E-state index in [1.807, 2.05) is 55.0 Å². The molecule has 0 aliphatic carbocycles. The van der Waals surface area contributed by atoms with Gasteiger partial charge < -0.3 is 0 Å². The lowest BCUT2D eigenvalue weighted by Gasteiger charge is -2.24. The van der Waals surface area contributed by atoms with Gasteiger partial charge in [0.1, 0.15) is 0 Å². The highest BCUT2D eigenvalue weighted by molar-refractivity contribution is 7.95. The molecule has 5 heteroatoms. The van der Waals surface area contributed by atoms with Crippen molar-refractivity contribution in [2.75, 3.05) is 12.8 Å². The second-order valence-electron chi connectivity index (χ2n) is 5.85. The standard InChI is InChI=1S/C20H22FN3P/c21-13-5-1-9-17-25(18-10-2-6-14-22-18,19-11-3-7-15-23-19)20-12-4-8-16-24-20/h2-4,6-8,10-12,14-16H,1,5,9,13,17H2/q+1. The molecule has 128 valence electrons. The third-order valence-corrected chi connectivity index (χ3v) is 8.38. The molecule has 0 unspecified atom stereocenters.